The number of ether oxygens (including phenoxy) is 1. The van der Waals surface area contributed by atoms with Crippen LogP contribution in [0.1, 0.15) is 40.7 Å². The quantitative estimate of drug-likeness (QED) is 0.488. The number of nitrogens with one attached hydrogen (secondary N) is 1. The van der Waals surface area contributed by atoms with Crippen LogP contribution in [-0.2, 0) is 16.1 Å². The second-order valence-corrected chi connectivity index (χ2v) is 9.59. The summed E-state index contributed by atoms with van der Waals surface area (Å²) in [4.78, 5) is 18.5. The molecule has 0 spiro atoms. The molecule has 1 aliphatic heterocycles. The molecular formula is C23H26FN3O2S2. The maximum atomic E-state index is 13.4. The summed E-state index contributed by atoms with van der Waals surface area (Å²) in [5.74, 6) is -0.126. The molecule has 3 heterocycles. The Morgan fingerprint density at radius 2 is 2.16 bits per heavy atom. The normalized spacial score (nSPS) is 17.1. The molecule has 5 nitrogen and oxygen atoms in total. The Morgan fingerprint density at radius 1 is 1.35 bits per heavy atom. The average molecular weight is 460 g/mol. The molecule has 8 heteroatoms. The fourth-order valence-corrected chi connectivity index (χ4v) is 5.42. The predicted molar refractivity (Wildman–Crippen MR) is 122 cm³/mol. The van der Waals surface area contributed by atoms with Gasteiger partial charge in [0.05, 0.1) is 30.1 Å². The molecule has 4 rings (SSSR count). The third-order valence-electron chi connectivity index (χ3n) is 5.50. The van der Waals surface area contributed by atoms with E-state index in [1.54, 1.807) is 23.5 Å². The monoisotopic (exact) mass is 459 g/mol. The summed E-state index contributed by atoms with van der Waals surface area (Å²) < 4.78 is 21.3. The van der Waals surface area contributed by atoms with Crippen LogP contribution in [0, 0.1) is 19.7 Å². The van der Waals surface area contributed by atoms with Crippen molar-refractivity contribution < 1.29 is 13.9 Å². The molecule has 1 amide bonds. The molecule has 164 valence electrons. The number of hydrogen-bond acceptors (Lipinski definition) is 5. The highest BCUT2D eigenvalue weighted by Crippen LogP contribution is 2.28. The van der Waals surface area contributed by atoms with Crippen molar-refractivity contribution in [2.75, 3.05) is 12.4 Å². The van der Waals surface area contributed by atoms with E-state index in [4.69, 9.17) is 4.74 Å². The number of imidazole rings is 1. The van der Waals surface area contributed by atoms with Crippen molar-refractivity contribution in [2.45, 2.75) is 50.5 Å². The molecule has 1 N–H and O–H groups in total. The van der Waals surface area contributed by atoms with Crippen molar-refractivity contribution in [1.82, 2.24) is 14.9 Å². The van der Waals surface area contributed by atoms with E-state index in [2.05, 4.69) is 21.8 Å². The van der Waals surface area contributed by atoms with E-state index in [-0.39, 0.29) is 29.6 Å². The molecule has 2 atom stereocenters. The van der Waals surface area contributed by atoms with Gasteiger partial charge in [0, 0.05) is 17.2 Å². The van der Waals surface area contributed by atoms with Crippen LogP contribution in [-0.4, -0.2) is 33.9 Å². The molecule has 0 aliphatic carbocycles. The summed E-state index contributed by atoms with van der Waals surface area (Å²) >= 11 is 3.00. The van der Waals surface area contributed by atoms with Crippen molar-refractivity contribution in [3.8, 4) is 0 Å². The van der Waals surface area contributed by atoms with Gasteiger partial charge in [-0.1, -0.05) is 30.0 Å². The van der Waals surface area contributed by atoms with Crippen molar-refractivity contribution in [3.05, 3.63) is 69.4 Å². The van der Waals surface area contributed by atoms with E-state index in [0.29, 0.717) is 0 Å². The van der Waals surface area contributed by atoms with Crippen LogP contribution in [0.4, 0.5) is 4.39 Å². The van der Waals surface area contributed by atoms with Gasteiger partial charge in [0.25, 0.3) is 0 Å². The van der Waals surface area contributed by atoms with Crippen LogP contribution in [0.3, 0.4) is 0 Å². The number of aromatic nitrogens is 2. The summed E-state index contributed by atoms with van der Waals surface area (Å²) in [6, 6.07) is 9.90. The van der Waals surface area contributed by atoms with E-state index in [9.17, 15) is 9.18 Å². The van der Waals surface area contributed by atoms with Gasteiger partial charge in [0.15, 0.2) is 5.16 Å². The lowest BCUT2D eigenvalue weighted by Gasteiger charge is -2.18. The van der Waals surface area contributed by atoms with E-state index in [1.807, 2.05) is 24.4 Å². The fourth-order valence-electron chi connectivity index (χ4n) is 3.70. The Kier molecular flexibility index (Phi) is 7.09. The number of aryl methyl sites for hydroxylation is 1. The summed E-state index contributed by atoms with van der Waals surface area (Å²) in [7, 11) is 0. The minimum Gasteiger partial charge on any atom is -0.376 e. The number of carbonyl (C=O) groups excluding carboxylic acids is 1. The fraction of sp³-hybridized carbons (Fsp3) is 0.391. The molecule has 3 aromatic rings. The highest BCUT2D eigenvalue weighted by Gasteiger charge is 2.22. The number of benzene rings is 1. The first kappa shape index (κ1) is 22.0. The first-order valence-electron chi connectivity index (χ1n) is 10.4. The van der Waals surface area contributed by atoms with Crippen molar-refractivity contribution in [3.63, 3.8) is 0 Å². The molecule has 1 aliphatic rings. The third-order valence-corrected chi connectivity index (χ3v) is 7.42. The third kappa shape index (κ3) is 5.37. The lowest BCUT2D eigenvalue weighted by atomic mass is 10.1. The summed E-state index contributed by atoms with van der Waals surface area (Å²) in [5, 5.41) is 5.92. The summed E-state index contributed by atoms with van der Waals surface area (Å²) in [6.07, 6.45) is 2.36. The molecule has 0 bridgehead atoms. The molecular weight excluding hydrogens is 433 g/mol. The Bertz CT molecular complexity index is 1010. The lowest BCUT2D eigenvalue weighted by Crippen LogP contribution is -2.30. The van der Waals surface area contributed by atoms with Crippen LogP contribution in [0.2, 0.25) is 0 Å². The number of carbonyl (C=O) groups is 1. The van der Waals surface area contributed by atoms with Gasteiger partial charge in [-0.05, 0) is 55.8 Å². The molecule has 0 radical (unpaired) electrons. The summed E-state index contributed by atoms with van der Waals surface area (Å²) in [6.45, 7) is 5.63. The Morgan fingerprint density at radius 3 is 2.84 bits per heavy atom. The molecule has 2 unspecified atom stereocenters. The Labute approximate surface area is 190 Å². The van der Waals surface area contributed by atoms with Gasteiger partial charge < -0.3 is 14.6 Å². The zero-order valence-electron chi connectivity index (χ0n) is 17.6. The summed E-state index contributed by atoms with van der Waals surface area (Å²) in [5.41, 5.74) is 2.94. The highest BCUT2D eigenvalue weighted by molar-refractivity contribution is 7.99. The number of thioether (sulfide) groups is 1. The van der Waals surface area contributed by atoms with E-state index >= 15 is 0 Å². The van der Waals surface area contributed by atoms with Gasteiger partial charge in [0.1, 0.15) is 5.82 Å². The van der Waals surface area contributed by atoms with Crippen LogP contribution in [0.25, 0.3) is 0 Å². The number of halogens is 1. The van der Waals surface area contributed by atoms with Gasteiger partial charge in [-0.2, -0.15) is 0 Å². The number of hydrogen-bond donors (Lipinski definition) is 1. The standard InChI is InChI=1S/C23H26FN3O2S2/c1-15-16(2)27(13-19-5-3-11-29-19)23(25-15)31-14-21(28)26-22(20-6-4-12-30-20)17-7-9-18(24)10-8-17/h4,6-10,12,19,22H,3,5,11,13-14H2,1-2H3,(H,26,28). The predicted octanol–water partition coefficient (Wildman–Crippen LogP) is 4.88. The SMILES string of the molecule is Cc1nc(SCC(=O)NC(c2ccc(F)cc2)c2cccs2)n(CC2CCCO2)c1C. The van der Waals surface area contributed by atoms with E-state index in [1.165, 1.54) is 23.9 Å². The molecule has 2 aromatic heterocycles. The number of rotatable bonds is 8. The van der Waals surface area contributed by atoms with Gasteiger partial charge >= 0.3 is 0 Å². The van der Waals surface area contributed by atoms with Crippen molar-refractivity contribution in [1.29, 1.82) is 0 Å². The van der Waals surface area contributed by atoms with Gasteiger partial charge in [-0.15, -0.1) is 11.3 Å². The molecule has 1 saturated heterocycles. The first-order chi connectivity index (χ1) is 15.0. The smallest absolute Gasteiger partial charge is 0.231 e. The van der Waals surface area contributed by atoms with Crippen LogP contribution in [0.5, 0.6) is 0 Å². The number of thiophene rings is 1. The Balaban J connectivity index is 1.44. The molecule has 1 aromatic carbocycles. The van der Waals surface area contributed by atoms with Gasteiger partial charge in [-0.3, -0.25) is 4.79 Å². The average Bonchev–Trinajstić information content (AvgIpc) is 3.51. The van der Waals surface area contributed by atoms with Crippen molar-refractivity contribution >= 4 is 29.0 Å². The first-order valence-corrected chi connectivity index (χ1v) is 12.2. The minimum absolute atomic E-state index is 0.0882. The van der Waals surface area contributed by atoms with Crippen LogP contribution < -0.4 is 5.32 Å². The highest BCUT2D eigenvalue weighted by atomic mass is 32.2. The van der Waals surface area contributed by atoms with Crippen LogP contribution >= 0.6 is 23.1 Å². The Hall–Kier alpha value is -2.16. The maximum absolute atomic E-state index is 13.4. The molecule has 0 saturated carbocycles. The lowest BCUT2D eigenvalue weighted by molar-refractivity contribution is -0.119. The zero-order chi connectivity index (χ0) is 21.8. The topological polar surface area (TPSA) is 56.2 Å². The molecule has 1 fully saturated rings. The molecule has 31 heavy (non-hydrogen) atoms. The second kappa shape index (κ2) is 9.97. The minimum atomic E-state index is -0.302. The second-order valence-electron chi connectivity index (χ2n) is 7.67. The zero-order valence-corrected chi connectivity index (χ0v) is 19.3. The van der Waals surface area contributed by atoms with E-state index < -0.39 is 0 Å². The van der Waals surface area contributed by atoms with E-state index in [0.717, 1.165) is 53.0 Å². The largest absolute Gasteiger partial charge is 0.376 e. The van der Waals surface area contributed by atoms with Crippen molar-refractivity contribution in [2.24, 2.45) is 0 Å². The number of nitrogens with zero attached hydrogens (tertiary/aromatic N) is 2. The van der Waals surface area contributed by atoms with Gasteiger partial charge in [0.2, 0.25) is 5.91 Å². The van der Waals surface area contributed by atoms with Gasteiger partial charge in [-0.25, -0.2) is 9.37 Å². The van der Waals surface area contributed by atoms with Crippen LogP contribution in [0.15, 0.2) is 46.9 Å². The number of amides is 1. The maximum Gasteiger partial charge on any atom is 0.231 e.